The lowest BCUT2D eigenvalue weighted by atomic mass is 9.83. The topological polar surface area (TPSA) is 94.1 Å². The Morgan fingerprint density at radius 1 is 0.340 bits per heavy atom. The predicted molar refractivity (Wildman–Crippen MR) is 201 cm³/mol. The van der Waals surface area contributed by atoms with Crippen molar-refractivity contribution in [2.75, 3.05) is 21.3 Å². The number of methoxy groups -OCH3 is 3. The van der Waals surface area contributed by atoms with Gasteiger partial charge in [-0.25, -0.2) is 0 Å². The first kappa shape index (κ1) is 38.0. The van der Waals surface area contributed by atoms with Crippen molar-refractivity contribution in [3.63, 3.8) is 0 Å². The summed E-state index contributed by atoms with van der Waals surface area (Å²) in [5, 5.41) is 12.3. The third-order valence-corrected chi connectivity index (χ3v) is 9.34. The fourth-order valence-corrected chi connectivity index (χ4v) is 6.37. The van der Waals surface area contributed by atoms with Gasteiger partial charge in [0.2, 0.25) is 0 Å². The monoisotopic (exact) mass is 720 g/mol. The maximum Gasteiger partial charge on any atom is 0.118 e. The molecule has 0 amide bonds. The van der Waals surface area contributed by atoms with Crippen LogP contribution in [-0.2, 0) is 56.7 Å². The fraction of sp³-hybridized carbons (Fsp3) is 0.318. The lowest BCUT2D eigenvalue weighted by Gasteiger charge is -2.48. The number of benzene rings is 5. The van der Waals surface area contributed by atoms with Gasteiger partial charge in [0.25, 0.3) is 0 Å². The van der Waals surface area contributed by atoms with Crippen LogP contribution in [-0.4, -0.2) is 63.1 Å². The minimum absolute atomic E-state index is 0.211. The average Bonchev–Trinajstić information content (AvgIpc) is 3.22. The largest absolute Gasteiger partial charge is 0.497 e. The van der Waals surface area contributed by atoms with E-state index in [2.05, 4.69) is 0 Å². The van der Waals surface area contributed by atoms with Crippen molar-refractivity contribution in [1.29, 1.82) is 0 Å². The third kappa shape index (κ3) is 10.4. The SMILES string of the molecule is COc1ccc(CO[C@@H]2[C@@H](OCc3ccccc3)[C@H](OCc3ccc(OC)cc3)[C@@H](OCc3ccccc3)[C@@H](O)[C@H]2OCc2ccc(OC)cc2)cc1. The van der Waals surface area contributed by atoms with Crippen molar-refractivity contribution in [3.8, 4) is 17.2 Å². The maximum absolute atomic E-state index is 12.3. The molecule has 53 heavy (non-hydrogen) atoms. The highest BCUT2D eigenvalue weighted by Gasteiger charge is 2.54. The van der Waals surface area contributed by atoms with Gasteiger partial charge in [0.05, 0.1) is 54.4 Å². The van der Waals surface area contributed by atoms with Crippen molar-refractivity contribution in [2.24, 2.45) is 0 Å². The Morgan fingerprint density at radius 2 is 0.585 bits per heavy atom. The lowest BCUT2D eigenvalue weighted by Crippen LogP contribution is -2.66. The van der Waals surface area contributed by atoms with E-state index in [4.69, 9.17) is 37.9 Å². The zero-order valence-corrected chi connectivity index (χ0v) is 30.4. The Kier molecular flexibility index (Phi) is 13.9. The van der Waals surface area contributed by atoms with Gasteiger partial charge in [-0.3, -0.25) is 0 Å². The molecule has 0 bridgehead atoms. The molecular formula is C44H48O9. The summed E-state index contributed by atoms with van der Waals surface area (Å²) >= 11 is 0. The Hall–Kier alpha value is -4.74. The molecule has 0 aliphatic heterocycles. The molecule has 0 radical (unpaired) electrons. The molecule has 0 heterocycles. The summed E-state index contributed by atoms with van der Waals surface area (Å²) in [4.78, 5) is 0. The third-order valence-electron chi connectivity index (χ3n) is 9.34. The van der Waals surface area contributed by atoms with Gasteiger partial charge in [-0.2, -0.15) is 0 Å². The van der Waals surface area contributed by atoms with E-state index in [-0.39, 0.29) is 33.0 Å². The molecule has 1 fully saturated rings. The molecule has 1 aliphatic rings. The minimum atomic E-state index is -1.14. The molecule has 6 rings (SSSR count). The van der Waals surface area contributed by atoms with Gasteiger partial charge in [-0.15, -0.1) is 0 Å². The molecule has 6 atom stereocenters. The molecule has 1 saturated carbocycles. The van der Waals surface area contributed by atoms with Crippen LogP contribution in [0.2, 0.25) is 0 Å². The molecule has 0 unspecified atom stereocenters. The minimum Gasteiger partial charge on any atom is -0.497 e. The zero-order valence-electron chi connectivity index (χ0n) is 30.4. The van der Waals surface area contributed by atoms with Crippen LogP contribution in [0, 0.1) is 0 Å². The van der Waals surface area contributed by atoms with E-state index in [0.717, 1.165) is 45.1 Å². The molecule has 5 aromatic rings. The van der Waals surface area contributed by atoms with Gasteiger partial charge in [-0.05, 0) is 64.2 Å². The van der Waals surface area contributed by atoms with Crippen molar-refractivity contribution in [3.05, 3.63) is 161 Å². The summed E-state index contributed by atoms with van der Waals surface area (Å²) in [6.07, 6.45) is -5.05. The van der Waals surface area contributed by atoms with E-state index in [1.807, 2.05) is 133 Å². The Bertz CT molecular complexity index is 1770. The fourth-order valence-electron chi connectivity index (χ4n) is 6.37. The van der Waals surface area contributed by atoms with Crippen LogP contribution in [0.25, 0.3) is 0 Å². The van der Waals surface area contributed by atoms with Crippen LogP contribution < -0.4 is 14.2 Å². The van der Waals surface area contributed by atoms with E-state index in [1.165, 1.54) is 0 Å². The van der Waals surface area contributed by atoms with Gasteiger partial charge in [0.1, 0.15) is 53.9 Å². The molecule has 0 saturated heterocycles. The van der Waals surface area contributed by atoms with E-state index >= 15 is 0 Å². The van der Waals surface area contributed by atoms with E-state index in [9.17, 15) is 5.11 Å². The molecule has 0 spiro atoms. The first-order valence-corrected chi connectivity index (χ1v) is 17.8. The van der Waals surface area contributed by atoms with Crippen LogP contribution in [0.4, 0.5) is 0 Å². The Balaban J connectivity index is 1.35. The summed E-state index contributed by atoms with van der Waals surface area (Å²) < 4.78 is 49.6. The van der Waals surface area contributed by atoms with Gasteiger partial charge >= 0.3 is 0 Å². The molecule has 0 aromatic heterocycles. The van der Waals surface area contributed by atoms with E-state index < -0.39 is 36.6 Å². The number of hydrogen-bond donors (Lipinski definition) is 1. The van der Waals surface area contributed by atoms with Crippen LogP contribution >= 0.6 is 0 Å². The number of hydrogen-bond acceptors (Lipinski definition) is 9. The van der Waals surface area contributed by atoms with Gasteiger partial charge < -0.3 is 43.0 Å². The number of aliphatic hydroxyl groups excluding tert-OH is 1. The van der Waals surface area contributed by atoms with Crippen molar-refractivity contribution < 1.29 is 43.0 Å². The molecular weight excluding hydrogens is 672 g/mol. The molecule has 1 aliphatic carbocycles. The Labute approximate surface area is 311 Å². The second kappa shape index (κ2) is 19.4. The predicted octanol–water partition coefficient (Wildman–Crippen LogP) is 7.31. The van der Waals surface area contributed by atoms with Crippen LogP contribution in [0.1, 0.15) is 27.8 Å². The molecule has 9 nitrogen and oxygen atoms in total. The molecule has 5 aromatic carbocycles. The lowest BCUT2D eigenvalue weighted by molar-refractivity contribution is -0.283. The van der Waals surface area contributed by atoms with Gasteiger partial charge in [-0.1, -0.05) is 97.1 Å². The van der Waals surface area contributed by atoms with Crippen molar-refractivity contribution >= 4 is 0 Å². The molecule has 1 N–H and O–H groups in total. The number of ether oxygens (including phenoxy) is 8. The number of aliphatic hydroxyl groups is 1. The van der Waals surface area contributed by atoms with Crippen LogP contribution in [0.3, 0.4) is 0 Å². The summed E-state index contributed by atoms with van der Waals surface area (Å²) in [6, 6.07) is 42.8. The molecule has 278 valence electrons. The van der Waals surface area contributed by atoms with Crippen molar-refractivity contribution in [2.45, 2.75) is 69.7 Å². The standard InChI is InChI=1S/C44H48O9/c1-46-36-20-14-33(15-21-36)28-50-41-39(45)40(49-26-31-10-6-4-7-11-31)42(51-29-34-16-22-37(47-2)23-17-34)44(53-27-32-12-8-5-9-13-32)43(41)52-30-35-18-24-38(48-3)25-19-35/h4-25,39-45H,26-30H2,1-3H3/t39-,40+,41-,42-,43+,44+/m1/s1. The first-order valence-electron chi connectivity index (χ1n) is 17.8. The zero-order chi connectivity index (χ0) is 36.8. The Morgan fingerprint density at radius 3 is 0.868 bits per heavy atom. The second-order valence-corrected chi connectivity index (χ2v) is 12.9. The van der Waals surface area contributed by atoms with E-state index in [0.29, 0.717) is 0 Å². The normalized spacial score (nSPS) is 21.2. The summed E-state index contributed by atoms with van der Waals surface area (Å²) in [5.74, 6) is 2.24. The summed E-state index contributed by atoms with van der Waals surface area (Å²) in [5.41, 5.74) is 4.71. The summed E-state index contributed by atoms with van der Waals surface area (Å²) in [6.45, 7) is 1.21. The van der Waals surface area contributed by atoms with E-state index in [1.54, 1.807) is 21.3 Å². The van der Waals surface area contributed by atoms with Gasteiger partial charge in [0, 0.05) is 0 Å². The molecule has 9 heteroatoms. The average molecular weight is 721 g/mol. The van der Waals surface area contributed by atoms with Gasteiger partial charge in [0.15, 0.2) is 0 Å². The van der Waals surface area contributed by atoms with Crippen LogP contribution in [0.15, 0.2) is 133 Å². The van der Waals surface area contributed by atoms with Crippen LogP contribution in [0.5, 0.6) is 17.2 Å². The second-order valence-electron chi connectivity index (χ2n) is 12.9. The highest BCUT2D eigenvalue weighted by molar-refractivity contribution is 5.29. The first-order chi connectivity index (χ1) is 26.0. The highest BCUT2D eigenvalue weighted by atomic mass is 16.6. The quantitative estimate of drug-likeness (QED) is 0.100. The number of rotatable bonds is 18. The van der Waals surface area contributed by atoms with Crippen molar-refractivity contribution in [1.82, 2.24) is 0 Å². The highest BCUT2D eigenvalue weighted by Crippen LogP contribution is 2.35. The summed E-state index contributed by atoms with van der Waals surface area (Å²) in [7, 11) is 4.90. The smallest absolute Gasteiger partial charge is 0.118 e. The maximum atomic E-state index is 12.3.